The van der Waals surface area contributed by atoms with Crippen LogP contribution in [0.1, 0.15) is 71.6 Å². The molecule has 0 atom stereocenters. The number of hydrogen-bond acceptors (Lipinski definition) is 6. The molecule has 4 aromatic rings. The number of nitrogens with one attached hydrogen (secondary N) is 6. The fourth-order valence-electron chi connectivity index (χ4n) is 5.11. The maximum atomic E-state index is 4.37. The third-order valence-corrected chi connectivity index (χ3v) is 6.69. The van der Waals surface area contributed by atoms with Gasteiger partial charge in [-0.1, -0.05) is 20.8 Å². The molecule has 0 aliphatic carbocycles. The van der Waals surface area contributed by atoms with Crippen molar-refractivity contribution in [3.63, 3.8) is 0 Å². The van der Waals surface area contributed by atoms with Crippen LogP contribution in [0, 0.1) is 0 Å². The molecule has 4 rings (SSSR count). The van der Waals surface area contributed by atoms with Crippen LogP contribution in [0.15, 0.2) is 37.2 Å². The Morgan fingerprint density at radius 1 is 0.472 bits per heavy atom. The Morgan fingerprint density at radius 2 is 0.778 bits per heavy atom. The van der Waals surface area contributed by atoms with Gasteiger partial charge in [-0.25, -0.2) is 15.0 Å². The summed E-state index contributed by atoms with van der Waals surface area (Å²) in [4.78, 5) is 22.7. The van der Waals surface area contributed by atoms with E-state index < -0.39 is 0 Å². The number of benzene rings is 1. The first kappa shape index (κ1) is 25.8. The Labute approximate surface area is 213 Å². The Morgan fingerprint density at radius 3 is 1.00 bits per heavy atom. The van der Waals surface area contributed by atoms with E-state index in [0.29, 0.717) is 19.6 Å². The van der Waals surface area contributed by atoms with Gasteiger partial charge in [0.2, 0.25) is 0 Å². The lowest BCUT2D eigenvalue weighted by Crippen LogP contribution is -2.25. The van der Waals surface area contributed by atoms with Gasteiger partial charge in [-0.3, -0.25) is 0 Å². The number of nitrogens with zero attached hydrogens (tertiary/aromatic N) is 3. The number of H-pyrrole nitrogens is 3. The summed E-state index contributed by atoms with van der Waals surface area (Å²) in [7, 11) is 0. The highest BCUT2D eigenvalue weighted by atomic mass is 15.0. The lowest BCUT2D eigenvalue weighted by molar-refractivity contribution is 0.627. The highest BCUT2D eigenvalue weighted by Crippen LogP contribution is 2.31. The smallest absolute Gasteiger partial charge is 0.120 e. The molecule has 0 spiro atoms. The molecule has 0 amide bonds. The van der Waals surface area contributed by atoms with Crippen LogP contribution in [0.25, 0.3) is 0 Å². The number of hydrogen-bond donors (Lipinski definition) is 6. The van der Waals surface area contributed by atoms with Crippen LogP contribution in [-0.2, 0) is 58.5 Å². The highest BCUT2D eigenvalue weighted by Gasteiger charge is 2.21. The topological polar surface area (TPSA) is 122 Å². The van der Waals surface area contributed by atoms with E-state index in [4.69, 9.17) is 0 Å². The van der Waals surface area contributed by atoms with Crippen LogP contribution in [0.3, 0.4) is 0 Å². The van der Waals surface area contributed by atoms with Crippen LogP contribution in [-0.4, -0.2) is 29.9 Å². The van der Waals surface area contributed by atoms with Crippen LogP contribution < -0.4 is 16.0 Å². The van der Waals surface area contributed by atoms with Crippen molar-refractivity contribution < 1.29 is 0 Å². The maximum Gasteiger partial charge on any atom is 0.120 e. The van der Waals surface area contributed by atoms with Crippen molar-refractivity contribution in [2.24, 2.45) is 0 Å². The quantitative estimate of drug-likeness (QED) is 0.152. The normalized spacial score (nSPS) is 11.4. The van der Waals surface area contributed by atoms with Gasteiger partial charge in [0.1, 0.15) is 17.5 Å². The fraction of sp³-hybridized carbons (Fsp3) is 0.444. The molecule has 0 aliphatic rings. The summed E-state index contributed by atoms with van der Waals surface area (Å²) in [6, 6.07) is 0. The van der Waals surface area contributed by atoms with Gasteiger partial charge < -0.3 is 30.9 Å². The summed E-state index contributed by atoms with van der Waals surface area (Å²) in [5.74, 6) is 2.87. The molecule has 0 saturated carbocycles. The van der Waals surface area contributed by atoms with Gasteiger partial charge in [-0.05, 0) is 52.6 Å². The van der Waals surface area contributed by atoms with E-state index in [1.54, 1.807) is 18.6 Å². The third kappa shape index (κ3) is 6.29. The summed E-state index contributed by atoms with van der Waals surface area (Å²) >= 11 is 0. The fourth-order valence-corrected chi connectivity index (χ4v) is 5.11. The van der Waals surface area contributed by atoms with E-state index in [9.17, 15) is 0 Å². The summed E-state index contributed by atoms with van der Waals surface area (Å²) in [6.07, 6.45) is 14.0. The molecule has 0 fully saturated rings. The van der Waals surface area contributed by atoms with Gasteiger partial charge >= 0.3 is 0 Å². The van der Waals surface area contributed by atoms with Gasteiger partial charge in [-0.15, -0.1) is 0 Å². The van der Waals surface area contributed by atoms with Crippen molar-refractivity contribution in [1.29, 1.82) is 0 Å². The number of aromatic amines is 3. The second-order valence-corrected chi connectivity index (χ2v) is 8.85. The minimum Gasteiger partial charge on any atom is -0.348 e. The predicted molar refractivity (Wildman–Crippen MR) is 142 cm³/mol. The van der Waals surface area contributed by atoms with Crippen LogP contribution >= 0.6 is 0 Å². The summed E-state index contributed by atoms with van der Waals surface area (Å²) in [6.45, 7) is 11.4. The summed E-state index contributed by atoms with van der Waals surface area (Å²) in [5, 5.41) is 10.9. The third-order valence-electron chi connectivity index (χ3n) is 6.69. The minimum atomic E-state index is 0.715. The van der Waals surface area contributed by atoms with Gasteiger partial charge in [0.15, 0.2) is 0 Å². The molecule has 3 heterocycles. The van der Waals surface area contributed by atoms with Gasteiger partial charge in [0.05, 0.1) is 19.6 Å². The molecule has 1 aromatic carbocycles. The highest BCUT2D eigenvalue weighted by molar-refractivity contribution is 5.52. The lowest BCUT2D eigenvalue weighted by atomic mass is 9.83. The molecule has 36 heavy (non-hydrogen) atoms. The van der Waals surface area contributed by atoms with Crippen molar-refractivity contribution in [3.05, 3.63) is 88.0 Å². The predicted octanol–water partition coefficient (Wildman–Crippen LogP) is 3.41. The first-order valence-electron chi connectivity index (χ1n) is 13.0. The second-order valence-electron chi connectivity index (χ2n) is 8.85. The van der Waals surface area contributed by atoms with Crippen LogP contribution in [0.5, 0.6) is 0 Å². The molecule has 0 aliphatic heterocycles. The monoisotopic (exact) mass is 489 g/mol. The molecule has 0 bridgehead atoms. The first-order valence-corrected chi connectivity index (χ1v) is 13.0. The lowest BCUT2D eigenvalue weighted by Gasteiger charge is -2.27. The Kier molecular flexibility index (Phi) is 9.43. The average molecular weight is 490 g/mol. The molecule has 3 aromatic heterocycles. The van der Waals surface area contributed by atoms with Crippen molar-refractivity contribution >= 4 is 0 Å². The molecule has 0 saturated heterocycles. The second kappa shape index (κ2) is 13.2. The van der Waals surface area contributed by atoms with E-state index in [2.05, 4.69) is 66.6 Å². The van der Waals surface area contributed by atoms with Crippen molar-refractivity contribution in [2.45, 2.75) is 79.3 Å². The molecule has 0 radical (unpaired) electrons. The molecular formula is C27H39N9. The Balaban J connectivity index is 1.64. The Hall–Kier alpha value is -3.27. The molecule has 192 valence electrons. The van der Waals surface area contributed by atoms with E-state index in [-0.39, 0.29) is 0 Å². The standard InChI is InChI=1S/C27H39N9/c1-4-19-22(13-28-16-25-31-7-8-32-25)20(5-2)24(15-30-18-27-35-11-12-36-27)21(6-3)23(19)14-29-17-26-33-9-10-34-26/h7-12,28-30H,4-6,13-18H2,1-3H3,(H,31,32)(H,33,34)(H,35,36). The zero-order chi connectivity index (χ0) is 25.2. The Bertz CT molecular complexity index is 994. The summed E-state index contributed by atoms with van der Waals surface area (Å²) < 4.78 is 0. The van der Waals surface area contributed by atoms with Gasteiger partial charge in [0.25, 0.3) is 0 Å². The number of aromatic nitrogens is 6. The van der Waals surface area contributed by atoms with E-state index in [1.807, 2.05) is 18.6 Å². The zero-order valence-electron chi connectivity index (χ0n) is 21.7. The van der Waals surface area contributed by atoms with Crippen molar-refractivity contribution in [1.82, 2.24) is 45.9 Å². The van der Waals surface area contributed by atoms with E-state index in [1.165, 1.54) is 33.4 Å². The SMILES string of the molecule is CCc1c(CNCc2ncc[nH]2)c(CC)c(CNCc2ncc[nH]2)c(CC)c1CNCc1ncc[nH]1. The van der Waals surface area contributed by atoms with Gasteiger partial charge in [-0.2, -0.15) is 0 Å². The minimum absolute atomic E-state index is 0.715. The van der Waals surface area contributed by atoms with Crippen molar-refractivity contribution in [3.8, 4) is 0 Å². The number of rotatable bonds is 15. The number of imidazole rings is 3. The largest absolute Gasteiger partial charge is 0.348 e. The van der Waals surface area contributed by atoms with Gasteiger partial charge in [0, 0.05) is 56.8 Å². The van der Waals surface area contributed by atoms with Crippen molar-refractivity contribution in [2.75, 3.05) is 0 Å². The molecular weight excluding hydrogens is 450 g/mol. The van der Waals surface area contributed by atoms with Crippen LogP contribution in [0.4, 0.5) is 0 Å². The molecule has 9 nitrogen and oxygen atoms in total. The maximum absolute atomic E-state index is 4.37. The first-order chi connectivity index (χ1) is 17.7. The van der Waals surface area contributed by atoms with E-state index >= 15 is 0 Å². The average Bonchev–Trinajstić information content (AvgIpc) is 3.68. The zero-order valence-corrected chi connectivity index (χ0v) is 21.7. The molecule has 9 heteroatoms. The van der Waals surface area contributed by atoms with Crippen LogP contribution in [0.2, 0.25) is 0 Å². The summed E-state index contributed by atoms with van der Waals surface area (Å²) in [5.41, 5.74) is 8.64. The van der Waals surface area contributed by atoms with E-state index in [0.717, 1.165) is 56.4 Å². The molecule has 0 unspecified atom stereocenters. The molecule has 6 N–H and O–H groups in total.